The van der Waals surface area contributed by atoms with Gasteiger partial charge in [-0.15, -0.1) is 11.8 Å². The number of hydrogen-bond acceptors (Lipinski definition) is 6. The highest BCUT2D eigenvalue weighted by Gasteiger charge is 2.24. The summed E-state index contributed by atoms with van der Waals surface area (Å²) in [5, 5.41) is 7.95. The van der Waals surface area contributed by atoms with Crippen molar-refractivity contribution in [3.8, 4) is 11.4 Å². The lowest BCUT2D eigenvalue weighted by molar-refractivity contribution is -0.116. The highest BCUT2D eigenvalue weighted by molar-refractivity contribution is 8.00. The monoisotopic (exact) mass is 675 g/mol. The number of aromatic nitrogens is 2. The molecule has 5 aromatic rings. The van der Waals surface area contributed by atoms with E-state index in [0.29, 0.717) is 40.4 Å². The SMILES string of the molecule is CCC(Sc1cccc(NC(=O)/C(=C\c2ccccc2OC)NC(=O)c2ccccc2)c1)C(=O)Nc1c(C)n(C)n(-c2ccccc2)c1=O. The Morgan fingerprint density at radius 2 is 1.55 bits per heavy atom. The molecule has 0 bridgehead atoms. The first kappa shape index (κ1) is 34.5. The van der Waals surface area contributed by atoms with Crippen LogP contribution in [0.1, 0.15) is 35.0 Å². The molecule has 4 aromatic carbocycles. The fourth-order valence-electron chi connectivity index (χ4n) is 5.13. The van der Waals surface area contributed by atoms with Gasteiger partial charge in [0.1, 0.15) is 17.1 Å². The van der Waals surface area contributed by atoms with Crippen LogP contribution in [0.4, 0.5) is 11.4 Å². The molecule has 1 atom stereocenters. The maximum absolute atomic E-state index is 13.6. The average Bonchev–Trinajstić information content (AvgIpc) is 3.33. The van der Waals surface area contributed by atoms with Gasteiger partial charge in [0.15, 0.2) is 0 Å². The standard InChI is InChI=1S/C38H37N5O5S/c1-5-33(37(46)41-34-25(2)42(3)43(38(34)47)29-19-10-7-11-20-29)49-30-21-14-18-28(24-30)39-36(45)31(23-27-17-12-13-22-32(27)48-4)40-35(44)26-15-8-6-9-16-26/h6-24,33H,5H2,1-4H3,(H,39,45)(H,40,44)(H,41,46)/b31-23+. The number of anilines is 2. The van der Waals surface area contributed by atoms with E-state index in [0.717, 1.165) is 4.90 Å². The molecule has 0 saturated carbocycles. The van der Waals surface area contributed by atoms with E-state index in [1.165, 1.54) is 23.6 Å². The van der Waals surface area contributed by atoms with Crippen LogP contribution in [0.15, 0.2) is 125 Å². The second kappa shape index (κ2) is 15.9. The number of carbonyl (C=O) groups excluding carboxylic acids is 3. The van der Waals surface area contributed by atoms with Gasteiger partial charge < -0.3 is 20.7 Å². The largest absolute Gasteiger partial charge is 0.496 e. The molecule has 3 amide bonds. The summed E-state index contributed by atoms with van der Waals surface area (Å²) >= 11 is 1.32. The summed E-state index contributed by atoms with van der Waals surface area (Å²) in [4.78, 5) is 54.3. The summed E-state index contributed by atoms with van der Waals surface area (Å²) in [5.41, 5.74) is 2.71. The zero-order valence-corrected chi connectivity index (χ0v) is 28.4. The Kier molecular flexibility index (Phi) is 11.2. The molecule has 0 aliphatic rings. The van der Waals surface area contributed by atoms with E-state index >= 15 is 0 Å². The zero-order valence-electron chi connectivity index (χ0n) is 27.6. The van der Waals surface area contributed by atoms with Gasteiger partial charge in [0.2, 0.25) is 5.91 Å². The van der Waals surface area contributed by atoms with Crippen LogP contribution >= 0.6 is 11.8 Å². The van der Waals surface area contributed by atoms with E-state index in [-0.39, 0.29) is 22.9 Å². The lowest BCUT2D eigenvalue weighted by Crippen LogP contribution is -2.30. The van der Waals surface area contributed by atoms with Gasteiger partial charge in [-0.1, -0.05) is 67.6 Å². The third-order valence-electron chi connectivity index (χ3n) is 7.80. The van der Waals surface area contributed by atoms with E-state index in [1.54, 1.807) is 85.4 Å². The van der Waals surface area contributed by atoms with Crippen LogP contribution in [0.25, 0.3) is 11.8 Å². The van der Waals surface area contributed by atoms with Crippen LogP contribution < -0.4 is 26.2 Å². The minimum absolute atomic E-state index is 0.0154. The Labute approximate surface area is 288 Å². The predicted octanol–water partition coefficient (Wildman–Crippen LogP) is 6.41. The molecule has 1 unspecified atom stereocenters. The Morgan fingerprint density at radius 3 is 2.24 bits per heavy atom. The number of thioether (sulfide) groups is 1. The van der Waals surface area contributed by atoms with Crippen LogP contribution in [0.5, 0.6) is 5.75 Å². The summed E-state index contributed by atoms with van der Waals surface area (Å²) in [6.07, 6.45) is 2.05. The van der Waals surface area contributed by atoms with Crippen molar-refractivity contribution in [3.05, 3.63) is 142 Å². The molecule has 250 valence electrons. The second-order valence-corrected chi connectivity index (χ2v) is 12.3. The van der Waals surface area contributed by atoms with Crippen molar-refractivity contribution >= 4 is 46.9 Å². The van der Waals surface area contributed by atoms with E-state index in [9.17, 15) is 19.2 Å². The molecule has 11 heteroatoms. The number of carbonyl (C=O) groups is 3. The smallest absolute Gasteiger partial charge is 0.295 e. The van der Waals surface area contributed by atoms with Gasteiger partial charge >= 0.3 is 0 Å². The van der Waals surface area contributed by atoms with E-state index in [4.69, 9.17) is 4.74 Å². The first-order valence-corrected chi connectivity index (χ1v) is 16.5. The molecule has 1 aromatic heterocycles. The van der Waals surface area contributed by atoms with Gasteiger partial charge in [-0.3, -0.25) is 23.9 Å². The topological polar surface area (TPSA) is 123 Å². The van der Waals surface area contributed by atoms with Crippen molar-refractivity contribution in [3.63, 3.8) is 0 Å². The number of hydrogen-bond donors (Lipinski definition) is 3. The van der Waals surface area contributed by atoms with Gasteiger partial charge in [0, 0.05) is 28.8 Å². The Hall–Kier alpha value is -5.81. The first-order valence-electron chi connectivity index (χ1n) is 15.6. The molecule has 5 rings (SSSR count). The Bertz CT molecular complexity index is 2050. The van der Waals surface area contributed by atoms with Crippen LogP contribution in [0.3, 0.4) is 0 Å². The average molecular weight is 676 g/mol. The Balaban J connectivity index is 1.34. The normalized spacial score (nSPS) is 11.8. The van der Waals surface area contributed by atoms with Crippen molar-refractivity contribution in [1.82, 2.24) is 14.7 Å². The number of rotatable bonds is 12. The number of methoxy groups -OCH3 is 1. The number of ether oxygens (including phenoxy) is 1. The number of benzene rings is 4. The van der Waals surface area contributed by atoms with Crippen molar-refractivity contribution in [2.45, 2.75) is 30.4 Å². The number of nitrogens with zero attached hydrogens (tertiary/aromatic N) is 2. The van der Waals surface area contributed by atoms with Crippen LogP contribution in [-0.2, 0) is 16.6 Å². The molecule has 1 heterocycles. The maximum atomic E-state index is 13.6. The molecule has 0 spiro atoms. The van der Waals surface area contributed by atoms with Crippen molar-refractivity contribution in [2.75, 3.05) is 17.7 Å². The maximum Gasteiger partial charge on any atom is 0.295 e. The summed E-state index contributed by atoms with van der Waals surface area (Å²) < 4.78 is 8.68. The van der Waals surface area contributed by atoms with Crippen molar-refractivity contribution < 1.29 is 19.1 Å². The molecule has 10 nitrogen and oxygen atoms in total. The van der Waals surface area contributed by atoms with Gasteiger partial charge in [0.25, 0.3) is 17.4 Å². The number of nitrogens with one attached hydrogen (secondary N) is 3. The minimum Gasteiger partial charge on any atom is -0.496 e. The molecule has 3 N–H and O–H groups in total. The predicted molar refractivity (Wildman–Crippen MR) is 194 cm³/mol. The van der Waals surface area contributed by atoms with Crippen molar-refractivity contribution in [2.24, 2.45) is 7.05 Å². The molecule has 0 fully saturated rings. The summed E-state index contributed by atoms with van der Waals surface area (Å²) in [6, 6.07) is 32.1. The van der Waals surface area contributed by atoms with E-state index in [2.05, 4.69) is 16.0 Å². The molecule has 0 radical (unpaired) electrons. The lowest BCUT2D eigenvalue weighted by Gasteiger charge is -2.16. The molecular weight excluding hydrogens is 639 g/mol. The highest BCUT2D eigenvalue weighted by Crippen LogP contribution is 2.29. The van der Waals surface area contributed by atoms with Gasteiger partial charge in [-0.25, -0.2) is 4.68 Å². The van der Waals surface area contributed by atoms with Crippen molar-refractivity contribution in [1.29, 1.82) is 0 Å². The first-order chi connectivity index (χ1) is 23.7. The third-order valence-corrected chi connectivity index (χ3v) is 9.16. The minimum atomic E-state index is -0.545. The molecule has 0 saturated heterocycles. The zero-order chi connectivity index (χ0) is 34.9. The summed E-state index contributed by atoms with van der Waals surface area (Å²) in [5.74, 6) is -0.758. The van der Waals surface area contributed by atoms with E-state index < -0.39 is 17.1 Å². The number of para-hydroxylation sites is 2. The Morgan fingerprint density at radius 1 is 0.878 bits per heavy atom. The van der Waals surface area contributed by atoms with E-state index in [1.807, 2.05) is 55.5 Å². The molecule has 0 aliphatic heterocycles. The lowest BCUT2D eigenvalue weighted by atomic mass is 10.1. The molecule has 49 heavy (non-hydrogen) atoms. The molecule has 0 aliphatic carbocycles. The fourth-order valence-corrected chi connectivity index (χ4v) is 6.14. The van der Waals surface area contributed by atoms with Crippen LogP contribution in [0.2, 0.25) is 0 Å². The quantitative estimate of drug-likeness (QED) is 0.104. The summed E-state index contributed by atoms with van der Waals surface area (Å²) in [6.45, 7) is 3.68. The van der Waals surface area contributed by atoms with Crippen LogP contribution in [-0.4, -0.2) is 39.4 Å². The van der Waals surface area contributed by atoms with Crippen LogP contribution in [0, 0.1) is 6.92 Å². The number of amides is 3. The van der Waals surface area contributed by atoms with Gasteiger partial charge in [-0.05, 0) is 68.0 Å². The summed E-state index contributed by atoms with van der Waals surface area (Å²) in [7, 11) is 3.30. The third kappa shape index (κ3) is 8.20. The fraction of sp³-hybridized carbons (Fsp3) is 0.158. The van der Waals surface area contributed by atoms with Gasteiger partial charge in [-0.2, -0.15) is 0 Å². The highest BCUT2D eigenvalue weighted by atomic mass is 32.2. The van der Waals surface area contributed by atoms with Gasteiger partial charge in [0.05, 0.1) is 23.7 Å². The second-order valence-electron chi connectivity index (χ2n) is 11.0. The molecular formula is C38H37N5O5S.